The quantitative estimate of drug-likeness (QED) is 0.101. The van der Waals surface area contributed by atoms with Gasteiger partial charge in [-0.15, -0.1) is 6.67 Å². The van der Waals surface area contributed by atoms with Gasteiger partial charge in [-0.25, -0.2) is 0 Å². The van der Waals surface area contributed by atoms with Gasteiger partial charge in [0.25, 0.3) is 0 Å². The van der Waals surface area contributed by atoms with E-state index in [4.69, 9.17) is 0 Å². The van der Waals surface area contributed by atoms with Crippen LogP contribution in [0.5, 0.6) is 0 Å². The minimum absolute atomic E-state index is 0.209. The first-order valence-corrected chi connectivity index (χ1v) is 19.8. The number of benzene rings is 6. The Bertz CT molecular complexity index is 1830. The molecule has 0 aromatic heterocycles. The fourth-order valence-corrected chi connectivity index (χ4v) is 7.89. The number of hydrogen-bond donors (Lipinski definition) is 0. The zero-order valence-corrected chi connectivity index (χ0v) is 33.2. The molecule has 0 aliphatic carbocycles. The molecule has 2 nitrogen and oxygen atoms in total. The van der Waals surface area contributed by atoms with Crippen LogP contribution in [0.3, 0.4) is 0 Å². The molecule has 0 N–H and O–H groups in total. The second kappa shape index (κ2) is 17.5. The number of nitrogens with zero attached hydrogens (tertiary/aromatic N) is 2. The van der Waals surface area contributed by atoms with Crippen molar-refractivity contribution in [1.29, 1.82) is 0 Å². The second-order valence-corrected chi connectivity index (χ2v) is 14.3. The third kappa shape index (κ3) is 8.34. The van der Waals surface area contributed by atoms with Crippen LogP contribution in [0.25, 0.3) is 0 Å². The molecule has 0 bridgehead atoms. The number of halogens is 1. The van der Waals surface area contributed by atoms with E-state index in [0.29, 0.717) is 0 Å². The van der Waals surface area contributed by atoms with Crippen LogP contribution < -0.4 is 9.80 Å². The summed E-state index contributed by atoms with van der Waals surface area (Å²) in [4.78, 5) is 4.77. The summed E-state index contributed by atoms with van der Waals surface area (Å²) in [5, 5.41) is 0. The Labute approximate surface area is 330 Å². The molecule has 0 spiro atoms. The van der Waals surface area contributed by atoms with Gasteiger partial charge in [-0.05, 0) is 70.8 Å². The van der Waals surface area contributed by atoms with Crippen molar-refractivity contribution in [3.05, 3.63) is 220 Å². The topological polar surface area (TPSA) is 6.48 Å². The van der Waals surface area contributed by atoms with Crippen molar-refractivity contribution in [2.75, 3.05) is 9.80 Å². The molecule has 273 valence electrons. The second-order valence-electron chi connectivity index (χ2n) is 14.3. The summed E-state index contributed by atoms with van der Waals surface area (Å²) in [5.74, 6) is 0.835. The first-order valence-electron chi connectivity index (χ1n) is 18.5. The van der Waals surface area contributed by atoms with Crippen molar-refractivity contribution in [3.8, 4) is 0 Å². The SMILES string of the molecule is Cc1cc([C@H](C)c2ccccc2)c(N2C=CN(c3c([C@H](C)c4ccccc4)cc(C)cc3[C@H](C)c3ccccc3)[CH-]2)c([C@H](C)c2ccccc2)c1.[Cl][Cu+]. The average Bonchev–Trinajstić information content (AvgIpc) is 3.70. The summed E-state index contributed by atoms with van der Waals surface area (Å²) in [6, 6.07) is 53.3. The van der Waals surface area contributed by atoms with Gasteiger partial charge in [0, 0.05) is 35.0 Å². The van der Waals surface area contributed by atoms with Crippen LogP contribution in [-0.4, -0.2) is 0 Å². The third-order valence-electron chi connectivity index (χ3n) is 10.8. The molecule has 6 aromatic rings. The van der Waals surface area contributed by atoms with Crippen molar-refractivity contribution in [3.63, 3.8) is 0 Å². The first-order chi connectivity index (χ1) is 25.8. The molecule has 53 heavy (non-hydrogen) atoms. The van der Waals surface area contributed by atoms with Crippen LogP contribution >= 0.6 is 10.1 Å². The normalized spacial score (nSPS) is 14.7. The summed E-state index contributed by atoms with van der Waals surface area (Å²) in [5.41, 5.74) is 15.7. The van der Waals surface area contributed by atoms with Crippen LogP contribution in [-0.2, 0) is 15.1 Å². The summed E-state index contributed by atoms with van der Waals surface area (Å²) >= 11 is 3.66. The van der Waals surface area contributed by atoms with Crippen LogP contribution in [0.2, 0.25) is 0 Å². The Balaban J connectivity index is 0.00000236. The van der Waals surface area contributed by atoms with Gasteiger partial charge < -0.3 is 9.80 Å². The molecule has 0 radical (unpaired) electrons. The molecule has 1 heterocycles. The van der Waals surface area contributed by atoms with Crippen LogP contribution in [0.15, 0.2) is 158 Å². The van der Waals surface area contributed by atoms with E-state index in [2.05, 4.69) is 241 Å². The van der Waals surface area contributed by atoms with E-state index in [1.165, 1.54) is 67.0 Å². The predicted octanol–water partition coefficient (Wildman–Crippen LogP) is 13.5. The molecule has 4 heteroatoms. The molecular formula is C49H49ClCuN2. The predicted molar refractivity (Wildman–Crippen MR) is 222 cm³/mol. The van der Waals surface area contributed by atoms with E-state index in [-0.39, 0.29) is 23.7 Å². The van der Waals surface area contributed by atoms with Gasteiger partial charge in [0.1, 0.15) is 0 Å². The number of anilines is 2. The monoisotopic (exact) mass is 763 g/mol. The van der Waals surface area contributed by atoms with E-state index in [0.717, 1.165) is 0 Å². The first kappa shape index (κ1) is 38.2. The van der Waals surface area contributed by atoms with Gasteiger partial charge in [-0.2, -0.15) is 0 Å². The van der Waals surface area contributed by atoms with Gasteiger partial charge in [0.05, 0.1) is 0 Å². The van der Waals surface area contributed by atoms with Crippen molar-refractivity contribution >= 4 is 21.5 Å². The van der Waals surface area contributed by atoms with Crippen LogP contribution in [0, 0.1) is 20.5 Å². The fourth-order valence-electron chi connectivity index (χ4n) is 7.89. The molecule has 0 saturated heterocycles. The van der Waals surface area contributed by atoms with Gasteiger partial charge >= 0.3 is 25.2 Å². The summed E-state index contributed by atoms with van der Waals surface area (Å²) in [6.07, 6.45) is 4.53. The molecular weight excluding hydrogens is 716 g/mol. The molecule has 1 aliphatic rings. The maximum absolute atomic E-state index is 4.20. The number of aryl methyl sites for hydroxylation is 2. The molecule has 0 fully saturated rings. The average molecular weight is 765 g/mol. The standard InChI is InChI=1S/C49H49N2.ClH.Cu/c1-34-29-44(36(3)40-19-11-7-12-20-40)48(45(30-34)37(4)41-21-13-8-14-22-41)50-27-28-51(33-50)49-46(38(5)42-23-15-9-16-24-42)31-35(2)32-47(49)39(6)43-25-17-10-18-26-43;;/h7-33,36-39H,1-6H3;1H;/q-1;;+2/p-1/t36-,37-,38-,39-;;/m1../s1. The summed E-state index contributed by atoms with van der Waals surface area (Å²) in [7, 11) is 4.20. The van der Waals surface area contributed by atoms with E-state index < -0.39 is 0 Å². The molecule has 7 rings (SSSR count). The van der Waals surface area contributed by atoms with Gasteiger partial charge in [0.2, 0.25) is 0 Å². The third-order valence-corrected chi connectivity index (χ3v) is 10.8. The van der Waals surface area contributed by atoms with E-state index in [9.17, 15) is 0 Å². The summed E-state index contributed by atoms with van der Waals surface area (Å²) < 4.78 is 0. The molecule has 0 amide bonds. The molecule has 4 atom stereocenters. The van der Waals surface area contributed by atoms with Crippen molar-refractivity contribution in [2.24, 2.45) is 0 Å². The Morgan fingerprint density at radius 1 is 0.415 bits per heavy atom. The van der Waals surface area contributed by atoms with Crippen LogP contribution in [0.4, 0.5) is 11.4 Å². The maximum atomic E-state index is 4.20. The zero-order chi connectivity index (χ0) is 37.5. The Hall–Kier alpha value is -4.53. The van der Waals surface area contributed by atoms with E-state index >= 15 is 0 Å². The Morgan fingerprint density at radius 3 is 0.868 bits per heavy atom. The number of rotatable bonds is 10. The Morgan fingerprint density at radius 2 is 0.642 bits per heavy atom. The fraction of sp³-hybridized carbons (Fsp3) is 0.204. The molecule has 6 aromatic carbocycles. The van der Waals surface area contributed by atoms with E-state index in [1.54, 1.807) is 0 Å². The van der Waals surface area contributed by atoms with E-state index in [1.807, 2.05) is 0 Å². The van der Waals surface area contributed by atoms with Gasteiger partial charge in [-0.3, -0.25) is 0 Å². The molecule has 0 saturated carbocycles. The van der Waals surface area contributed by atoms with Crippen molar-refractivity contribution in [2.45, 2.75) is 65.2 Å². The summed E-state index contributed by atoms with van der Waals surface area (Å²) in [6.45, 7) is 16.2. The van der Waals surface area contributed by atoms with Gasteiger partial charge in [0.15, 0.2) is 0 Å². The molecule has 1 aliphatic heterocycles. The van der Waals surface area contributed by atoms with Crippen molar-refractivity contribution < 1.29 is 15.1 Å². The minimum atomic E-state index is 0.209. The number of hydrogen-bond acceptors (Lipinski definition) is 2. The Kier molecular flexibility index (Phi) is 12.6. The van der Waals surface area contributed by atoms with Crippen LogP contribution in [0.1, 0.15) is 107 Å². The molecule has 0 unspecified atom stereocenters. The van der Waals surface area contributed by atoms with Crippen molar-refractivity contribution in [1.82, 2.24) is 0 Å². The van der Waals surface area contributed by atoms with Gasteiger partial charge in [-0.1, -0.05) is 184 Å². The zero-order valence-electron chi connectivity index (χ0n) is 31.5.